The highest BCUT2D eigenvalue weighted by Crippen LogP contribution is 2.36. The van der Waals surface area contributed by atoms with Gasteiger partial charge in [0.1, 0.15) is 44.2 Å². The normalized spacial score (nSPS) is 18.5. The van der Waals surface area contributed by atoms with E-state index < -0.39 is 11.9 Å². The van der Waals surface area contributed by atoms with Crippen molar-refractivity contribution in [3.8, 4) is 0 Å². The van der Waals surface area contributed by atoms with Crippen molar-refractivity contribution in [1.29, 1.82) is 0 Å². The zero-order chi connectivity index (χ0) is 30.3. The number of carboxylic acid groups (broad SMARTS) is 2. The van der Waals surface area contributed by atoms with Crippen LogP contribution < -0.4 is 36.8 Å². The van der Waals surface area contributed by atoms with E-state index in [1.165, 1.54) is 21.6 Å². The molecule has 0 radical (unpaired) electrons. The summed E-state index contributed by atoms with van der Waals surface area (Å²) < 4.78 is 9.55. The third kappa shape index (κ3) is 2.77. The van der Waals surface area contributed by atoms with Crippen molar-refractivity contribution in [2.75, 3.05) is 0 Å². The molecule has 8 rings (SSSR count). The molecule has 1 spiro atoms. The highest BCUT2D eigenvalue weighted by Gasteiger charge is 2.55. The second kappa shape index (κ2) is 8.20. The number of carboxylic acids is 2. The van der Waals surface area contributed by atoms with Gasteiger partial charge in [0.25, 0.3) is 0 Å². The molecule has 1 atom stereocenters. The van der Waals surface area contributed by atoms with E-state index in [1.54, 1.807) is 0 Å². The topological polar surface area (TPSA) is 94.3 Å². The molecule has 9 heteroatoms. The Hall–Kier alpha value is -4.76. The lowest BCUT2D eigenvalue weighted by Gasteiger charge is -2.45. The van der Waals surface area contributed by atoms with Gasteiger partial charge in [-0.25, -0.2) is 0 Å². The van der Waals surface area contributed by atoms with Crippen molar-refractivity contribution in [2.45, 2.75) is 67.2 Å². The fourth-order valence-corrected chi connectivity index (χ4v) is 8.28. The molecule has 0 aliphatic carbocycles. The minimum absolute atomic E-state index is 0.0303. The van der Waals surface area contributed by atoms with Crippen molar-refractivity contribution in [3.63, 3.8) is 0 Å². The molecule has 9 nitrogen and oxygen atoms in total. The van der Waals surface area contributed by atoms with Crippen LogP contribution >= 0.6 is 0 Å². The molecular formula is C34H34N5O4+. The predicted octanol–water partition coefficient (Wildman–Crippen LogP) is 0.159. The minimum atomic E-state index is -0.827. The summed E-state index contributed by atoms with van der Waals surface area (Å²) in [4.78, 5) is 23.8. The van der Waals surface area contributed by atoms with Crippen LogP contribution in [0.3, 0.4) is 0 Å². The van der Waals surface area contributed by atoms with Crippen molar-refractivity contribution < 1.29 is 19.8 Å². The Kier molecular flexibility index (Phi) is 4.94. The molecule has 4 aromatic rings. The number of aliphatic carboxylic acids is 2. The zero-order valence-electron chi connectivity index (χ0n) is 25.2. The molecule has 0 amide bonds. The van der Waals surface area contributed by atoms with Crippen LogP contribution in [0.2, 0.25) is 0 Å². The van der Waals surface area contributed by atoms with Crippen LogP contribution in [0.4, 0.5) is 0 Å². The van der Waals surface area contributed by atoms with Crippen molar-refractivity contribution in [3.05, 3.63) is 88.0 Å². The summed E-state index contributed by atoms with van der Waals surface area (Å²) in [6.45, 7) is 12.8. The monoisotopic (exact) mass is 576 g/mol. The maximum absolute atomic E-state index is 11.8. The van der Waals surface area contributed by atoms with E-state index in [9.17, 15) is 19.8 Å². The summed E-state index contributed by atoms with van der Waals surface area (Å²) in [5.74, 6) is -1.65. The molecule has 4 aliphatic heterocycles. The Labute approximate surface area is 246 Å². The van der Waals surface area contributed by atoms with Gasteiger partial charge in [0.05, 0.1) is 4.92 Å². The van der Waals surface area contributed by atoms with Crippen LogP contribution in [0, 0.1) is 27.7 Å². The molecule has 0 unspecified atom stereocenters. The van der Waals surface area contributed by atoms with Gasteiger partial charge in [-0.15, -0.1) is 18.7 Å². The number of aromatic nitrogens is 4. The van der Waals surface area contributed by atoms with Gasteiger partial charge in [0.15, 0.2) is 0 Å². The van der Waals surface area contributed by atoms with Gasteiger partial charge in [-0.2, -0.15) is 0 Å². The molecule has 2 N–H and O–H groups in total. The molecule has 0 fully saturated rings. The second-order valence-electron chi connectivity index (χ2n) is 12.1. The average Bonchev–Trinajstić information content (AvgIpc) is 3.60. The molecule has 0 saturated carbocycles. The fraction of sp³-hybridized carbons (Fsp3) is 0.294. The summed E-state index contributed by atoms with van der Waals surface area (Å²) in [5.41, 5.74) is 10.8. The van der Waals surface area contributed by atoms with Crippen LogP contribution in [-0.2, 0) is 22.4 Å². The first-order valence-electron chi connectivity index (χ1n) is 14.9. The highest BCUT2D eigenvalue weighted by atomic mass is 16.4. The summed E-state index contributed by atoms with van der Waals surface area (Å²) in [5, 5.41) is 26.0. The molecule has 218 valence electrons. The SMILES string of the molecule is C/C=c1\c(C)c2n3c1=Cc1c(C)c(CCC(=O)O)c4n1[N@+]31n3c(c(C)/c(=C\C)c3=C2)C=c2c(C)c(CCC(=O)O)c(n21)=C4. The Morgan fingerprint density at radius 3 is 1.58 bits per heavy atom. The standard InChI is InChI=1S/C34H33N5O4/c1-7-21-17(3)25-13-26-19(5)23(9-11-33(40)41)31-16-32-24(10-12-34(42)43)20(6)28-15-30-22(8-2)18(4)27-14-29(21)35(25)39(36(27)30,37(26)31)38(28)32/h7-8,13-16H,9-12H2,1-6H3,(H-,40,41,42,43)/p+1/b21-7+,22-8+/t39-/m1/s1. The number of hydrogen-bond acceptors (Lipinski definition) is 2. The van der Waals surface area contributed by atoms with Gasteiger partial charge in [-0.05, 0) is 112 Å². The molecular weight excluding hydrogens is 542 g/mol. The highest BCUT2D eigenvalue weighted by molar-refractivity contribution is 5.72. The second-order valence-corrected chi connectivity index (χ2v) is 12.1. The number of nitrogens with zero attached hydrogens (tertiary/aromatic N) is 5. The van der Waals surface area contributed by atoms with Crippen molar-refractivity contribution in [2.24, 2.45) is 0 Å². The van der Waals surface area contributed by atoms with Crippen LogP contribution in [0.5, 0.6) is 0 Å². The van der Waals surface area contributed by atoms with E-state index in [-0.39, 0.29) is 17.8 Å². The lowest BCUT2D eigenvalue weighted by molar-refractivity contribution is -0.138. The average molecular weight is 577 g/mol. The quantitative estimate of drug-likeness (QED) is 0.276. The molecule has 43 heavy (non-hydrogen) atoms. The maximum Gasteiger partial charge on any atom is 0.303 e. The van der Waals surface area contributed by atoms with Crippen LogP contribution in [0.15, 0.2) is 0 Å². The molecule has 0 aromatic carbocycles. The maximum atomic E-state index is 11.8. The third-order valence-corrected chi connectivity index (χ3v) is 10.2. The van der Waals surface area contributed by atoms with E-state index in [0.717, 1.165) is 66.4 Å². The Morgan fingerprint density at radius 1 is 0.605 bits per heavy atom. The number of hydrogen-bond donors (Lipinski definition) is 2. The molecule has 8 heterocycles. The van der Waals surface area contributed by atoms with Gasteiger partial charge >= 0.3 is 11.9 Å². The summed E-state index contributed by atoms with van der Waals surface area (Å²) in [6.07, 6.45) is 14.2. The summed E-state index contributed by atoms with van der Waals surface area (Å²) in [6, 6.07) is 0. The number of carbonyl (C=O) groups is 2. The Morgan fingerprint density at radius 2 is 1.07 bits per heavy atom. The first-order chi connectivity index (χ1) is 20.6. The van der Waals surface area contributed by atoms with Crippen molar-refractivity contribution in [1.82, 2.24) is 23.6 Å². The molecule has 0 bridgehead atoms. The molecule has 4 aliphatic rings. The van der Waals surface area contributed by atoms with E-state index in [4.69, 9.17) is 0 Å². The lowest BCUT2D eigenvalue weighted by Crippen LogP contribution is -2.82. The van der Waals surface area contributed by atoms with E-state index >= 15 is 0 Å². The van der Waals surface area contributed by atoms with Crippen molar-refractivity contribution >= 4 is 48.4 Å². The van der Waals surface area contributed by atoms with Gasteiger partial charge in [0, 0.05) is 23.3 Å². The van der Waals surface area contributed by atoms with Gasteiger partial charge in [-0.3, -0.25) is 9.59 Å². The zero-order valence-corrected chi connectivity index (χ0v) is 25.2. The Balaban J connectivity index is 1.70. The third-order valence-electron chi connectivity index (χ3n) is 10.2. The molecule has 0 saturated heterocycles. The fourth-order valence-electron chi connectivity index (χ4n) is 8.28. The van der Waals surface area contributed by atoms with E-state index in [1.807, 2.05) is 0 Å². The van der Waals surface area contributed by atoms with Gasteiger partial charge < -0.3 is 10.2 Å². The first-order valence-corrected chi connectivity index (χ1v) is 14.9. The first kappa shape index (κ1) is 25.9. The minimum Gasteiger partial charge on any atom is -0.481 e. The number of rotatable bonds is 6. The predicted molar refractivity (Wildman–Crippen MR) is 165 cm³/mol. The summed E-state index contributed by atoms with van der Waals surface area (Å²) in [7, 11) is 0. The van der Waals surface area contributed by atoms with Crippen LogP contribution in [-0.4, -0.2) is 40.9 Å². The molecule has 4 aromatic heterocycles. The van der Waals surface area contributed by atoms with Gasteiger partial charge in [-0.1, -0.05) is 12.2 Å². The van der Waals surface area contributed by atoms with E-state index in [0.29, 0.717) is 12.8 Å². The van der Waals surface area contributed by atoms with Crippen LogP contribution in [0.1, 0.15) is 82.8 Å². The van der Waals surface area contributed by atoms with Crippen LogP contribution in [0.25, 0.3) is 36.5 Å². The summed E-state index contributed by atoms with van der Waals surface area (Å²) >= 11 is 0. The smallest absolute Gasteiger partial charge is 0.303 e. The Bertz CT molecular complexity index is 2430. The number of quaternary nitrogens is 1. The largest absolute Gasteiger partial charge is 0.481 e. The van der Waals surface area contributed by atoms with E-state index in [2.05, 4.69) is 96.7 Å². The van der Waals surface area contributed by atoms with Gasteiger partial charge in [0.2, 0.25) is 0 Å². The lowest BCUT2D eigenvalue weighted by atomic mass is 10.0.